The van der Waals surface area contributed by atoms with E-state index in [1.807, 2.05) is 7.11 Å². The van der Waals surface area contributed by atoms with Crippen LogP contribution < -0.4 is 15.0 Å². The molecule has 23 heavy (non-hydrogen) atoms. The smallest absolute Gasteiger partial charge is 0.143 e. The van der Waals surface area contributed by atoms with E-state index in [9.17, 15) is 0 Å². The number of nitrogens with zero attached hydrogens (tertiary/aromatic N) is 1. The minimum Gasteiger partial charge on any atom is -0.490 e. The molecule has 1 aliphatic carbocycles. The van der Waals surface area contributed by atoms with E-state index in [2.05, 4.69) is 23.2 Å². The van der Waals surface area contributed by atoms with Crippen molar-refractivity contribution in [3.05, 3.63) is 22.8 Å². The van der Waals surface area contributed by atoms with Crippen molar-refractivity contribution in [3.63, 3.8) is 0 Å². The highest BCUT2D eigenvalue weighted by atomic mass is 16.5. The van der Waals surface area contributed by atoms with Gasteiger partial charge in [-0.05, 0) is 68.5 Å². The molecule has 126 valence electrons. The van der Waals surface area contributed by atoms with Crippen molar-refractivity contribution in [2.45, 2.75) is 32.6 Å². The highest BCUT2D eigenvalue weighted by molar-refractivity contribution is 5.69. The standard InChI is InChI=1S/C19H28N2O2/c1-14-16-4-8-20-7-3-15(16)11-17-18(14)21(9-10-23-17)12-19(5-6-19)13-22-2/h11,20H,3-10,12-13H2,1-2H3. The number of nitrogens with one attached hydrogen (secondary N) is 1. The van der Waals surface area contributed by atoms with Crippen LogP contribution in [0.2, 0.25) is 0 Å². The molecular formula is C19H28N2O2. The fourth-order valence-corrected chi connectivity index (χ4v) is 4.29. The van der Waals surface area contributed by atoms with Crippen LogP contribution in [-0.4, -0.2) is 46.5 Å². The normalized spacial score (nSPS) is 21.9. The molecule has 1 aromatic rings. The van der Waals surface area contributed by atoms with E-state index in [0.29, 0.717) is 5.41 Å². The van der Waals surface area contributed by atoms with Crippen LogP contribution in [0.1, 0.15) is 29.5 Å². The summed E-state index contributed by atoms with van der Waals surface area (Å²) in [6.07, 6.45) is 4.83. The maximum atomic E-state index is 6.04. The SMILES string of the molecule is COCC1(CN2CCOc3cc4c(c(C)c32)CCNCC4)CC1. The molecule has 0 saturated heterocycles. The molecule has 1 N–H and O–H groups in total. The third-order valence-electron chi connectivity index (χ3n) is 5.73. The molecule has 1 fully saturated rings. The molecule has 0 aromatic heterocycles. The second kappa shape index (κ2) is 5.99. The summed E-state index contributed by atoms with van der Waals surface area (Å²) in [5.74, 6) is 1.10. The monoisotopic (exact) mass is 316 g/mol. The molecule has 3 aliphatic rings. The number of rotatable bonds is 4. The molecule has 0 spiro atoms. The molecule has 0 bridgehead atoms. The van der Waals surface area contributed by atoms with Gasteiger partial charge in [-0.3, -0.25) is 0 Å². The predicted octanol–water partition coefficient (Wildman–Crippen LogP) is 2.31. The van der Waals surface area contributed by atoms with Crippen LogP contribution in [0.4, 0.5) is 5.69 Å². The van der Waals surface area contributed by atoms with E-state index in [-0.39, 0.29) is 0 Å². The number of hydrogen-bond donors (Lipinski definition) is 1. The zero-order valence-corrected chi connectivity index (χ0v) is 14.4. The molecule has 1 aromatic carbocycles. The van der Waals surface area contributed by atoms with Gasteiger partial charge in [0, 0.05) is 19.1 Å². The Labute approximate surface area is 139 Å². The first kappa shape index (κ1) is 15.3. The zero-order valence-electron chi connectivity index (χ0n) is 14.4. The van der Waals surface area contributed by atoms with E-state index < -0.39 is 0 Å². The quantitative estimate of drug-likeness (QED) is 0.924. The van der Waals surface area contributed by atoms with E-state index in [0.717, 1.165) is 58.0 Å². The van der Waals surface area contributed by atoms with E-state index in [1.165, 1.54) is 29.7 Å². The molecular weight excluding hydrogens is 288 g/mol. The van der Waals surface area contributed by atoms with Crippen molar-refractivity contribution in [2.75, 3.05) is 51.4 Å². The van der Waals surface area contributed by atoms with Crippen molar-refractivity contribution in [2.24, 2.45) is 5.41 Å². The molecule has 0 radical (unpaired) electrons. The molecule has 2 aliphatic heterocycles. The van der Waals surface area contributed by atoms with E-state index in [4.69, 9.17) is 9.47 Å². The Morgan fingerprint density at radius 1 is 1.30 bits per heavy atom. The number of fused-ring (bicyclic) bond motifs is 2. The lowest BCUT2D eigenvalue weighted by Gasteiger charge is -2.36. The van der Waals surface area contributed by atoms with Crippen LogP contribution in [0.5, 0.6) is 5.75 Å². The Balaban J connectivity index is 1.68. The van der Waals surface area contributed by atoms with Gasteiger partial charge >= 0.3 is 0 Å². The summed E-state index contributed by atoms with van der Waals surface area (Å²) in [7, 11) is 1.82. The minimum absolute atomic E-state index is 0.379. The minimum atomic E-state index is 0.379. The molecule has 4 heteroatoms. The number of ether oxygens (including phenoxy) is 2. The lowest BCUT2D eigenvalue weighted by Crippen LogP contribution is -2.39. The van der Waals surface area contributed by atoms with Crippen molar-refractivity contribution in [3.8, 4) is 5.75 Å². The van der Waals surface area contributed by atoms with Gasteiger partial charge < -0.3 is 19.7 Å². The number of benzene rings is 1. The molecule has 4 rings (SSSR count). The number of methoxy groups -OCH3 is 1. The summed E-state index contributed by atoms with van der Waals surface area (Å²) in [5, 5.41) is 3.52. The van der Waals surface area contributed by atoms with E-state index >= 15 is 0 Å². The summed E-state index contributed by atoms with van der Waals surface area (Å²) in [6.45, 7) is 8.24. The molecule has 0 unspecified atom stereocenters. The first-order valence-electron chi connectivity index (χ1n) is 8.95. The van der Waals surface area contributed by atoms with Gasteiger partial charge in [0.2, 0.25) is 0 Å². The predicted molar refractivity (Wildman–Crippen MR) is 92.7 cm³/mol. The van der Waals surface area contributed by atoms with E-state index in [1.54, 1.807) is 5.56 Å². The first-order valence-corrected chi connectivity index (χ1v) is 8.95. The van der Waals surface area contributed by atoms with Gasteiger partial charge in [0.25, 0.3) is 0 Å². The maximum Gasteiger partial charge on any atom is 0.143 e. The van der Waals surface area contributed by atoms with Gasteiger partial charge in [-0.1, -0.05) is 0 Å². The largest absolute Gasteiger partial charge is 0.490 e. The molecule has 0 atom stereocenters. The second-order valence-electron chi connectivity index (χ2n) is 7.44. The van der Waals surface area contributed by atoms with Gasteiger partial charge in [0.1, 0.15) is 12.4 Å². The Kier molecular flexibility index (Phi) is 3.98. The van der Waals surface area contributed by atoms with Crippen LogP contribution in [-0.2, 0) is 17.6 Å². The topological polar surface area (TPSA) is 33.7 Å². The van der Waals surface area contributed by atoms with Gasteiger partial charge in [0.15, 0.2) is 0 Å². The first-order chi connectivity index (χ1) is 11.2. The summed E-state index contributed by atoms with van der Waals surface area (Å²) in [6, 6.07) is 2.31. The zero-order chi connectivity index (χ0) is 15.9. The van der Waals surface area contributed by atoms with Crippen molar-refractivity contribution < 1.29 is 9.47 Å². The molecule has 1 saturated carbocycles. The van der Waals surface area contributed by atoms with Gasteiger partial charge in [-0.25, -0.2) is 0 Å². The highest BCUT2D eigenvalue weighted by Gasteiger charge is 2.45. The summed E-state index contributed by atoms with van der Waals surface area (Å²) in [5.41, 5.74) is 6.19. The van der Waals surface area contributed by atoms with Crippen LogP contribution in [0.15, 0.2) is 6.07 Å². The Morgan fingerprint density at radius 2 is 2.13 bits per heavy atom. The van der Waals surface area contributed by atoms with Crippen LogP contribution in [0.25, 0.3) is 0 Å². The number of hydrogen-bond acceptors (Lipinski definition) is 4. The van der Waals surface area contributed by atoms with Crippen LogP contribution in [0.3, 0.4) is 0 Å². The van der Waals surface area contributed by atoms with Crippen molar-refractivity contribution in [1.29, 1.82) is 0 Å². The third kappa shape index (κ3) is 2.83. The van der Waals surface area contributed by atoms with Crippen molar-refractivity contribution in [1.82, 2.24) is 5.32 Å². The lowest BCUT2D eigenvalue weighted by molar-refractivity contribution is 0.142. The molecule has 0 amide bonds. The second-order valence-corrected chi connectivity index (χ2v) is 7.44. The van der Waals surface area contributed by atoms with Crippen molar-refractivity contribution >= 4 is 5.69 Å². The summed E-state index contributed by atoms with van der Waals surface area (Å²) >= 11 is 0. The molecule has 2 heterocycles. The van der Waals surface area contributed by atoms with Crippen LogP contribution in [0, 0.1) is 12.3 Å². The summed E-state index contributed by atoms with van der Waals surface area (Å²) in [4.78, 5) is 2.57. The Bertz CT molecular complexity index is 596. The fraction of sp³-hybridized carbons (Fsp3) is 0.684. The van der Waals surface area contributed by atoms with Gasteiger partial charge in [-0.15, -0.1) is 0 Å². The lowest BCUT2D eigenvalue weighted by atomic mass is 9.94. The van der Waals surface area contributed by atoms with Gasteiger partial charge in [0.05, 0.1) is 18.8 Å². The Hall–Kier alpha value is -1.26. The summed E-state index contributed by atoms with van der Waals surface area (Å²) < 4.78 is 11.5. The third-order valence-corrected chi connectivity index (χ3v) is 5.73. The molecule has 4 nitrogen and oxygen atoms in total. The highest BCUT2D eigenvalue weighted by Crippen LogP contribution is 2.49. The average Bonchev–Trinajstić information content (AvgIpc) is 3.32. The van der Waals surface area contributed by atoms with Crippen LogP contribution >= 0.6 is 0 Å². The van der Waals surface area contributed by atoms with Gasteiger partial charge in [-0.2, -0.15) is 0 Å². The number of anilines is 1. The maximum absolute atomic E-state index is 6.04. The Morgan fingerprint density at radius 3 is 2.91 bits per heavy atom. The average molecular weight is 316 g/mol. The fourth-order valence-electron chi connectivity index (χ4n) is 4.29.